The van der Waals surface area contributed by atoms with Crippen molar-refractivity contribution in [3.8, 4) is 0 Å². The van der Waals surface area contributed by atoms with Crippen LogP contribution in [-0.2, 0) is 11.2 Å². The molecule has 0 unspecified atom stereocenters. The number of rotatable bonds is 5. The van der Waals surface area contributed by atoms with Crippen LogP contribution in [0.3, 0.4) is 0 Å². The van der Waals surface area contributed by atoms with Gasteiger partial charge in [0.1, 0.15) is 5.82 Å². The first-order valence-electron chi connectivity index (χ1n) is 6.61. The van der Waals surface area contributed by atoms with Crippen molar-refractivity contribution in [2.75, 3.05) is 19.8 Å². The molecule has 0 aliphatic carbocycles. The van der Waals surface area contributed by atoms with E-state index in [2.05, 4.69) is 20.5 Å². The summed E-state index contributed by atoms with van der Waals surface area (Å²) in [7, 11) is 0. The number of amides is 1. The third-order valence-corrected chi connectivity index (χ3v) is 3.35. The molecule has 0 bridgehead atoms. The minimum absolute atomic E-state index is 0.103. The second kappa shape index (κ2) is 6.12. The molecule has 1 amide bonds. The molecule has 106 valence electrons. The van der Waals surface area contributed by atoms with Crippen LogP contribution in [0.25, 0.3) is 0 Å². The number of carbonyl (C=O) groups excluding carboxylic acids is 1. The average molecular weight is 268 g/mol. The molecule has 0 aromatic carbocycles. The lowest BCUT2D eigenvalue weighted by Gasteiger charge is -2.35. The molecular weight excluding hydrogens is 248 g/mol. The monoisotopic (exact) mass is 268 g/mol. The summed E-state index contributed by atoms with van der Waals surface area (Å²) in [6.07, 6.45) is 2.90. The molecule has 1 aromatic rings. The van der Waals surface area contributed by atoms with Gasteiger partial charge in [0, 0.05) is 19.6 Å². The summed E-state index contributed by atoms with van der Waals surface area (Å²) in [5, 5.41) is 19.0. The first-order valence-corrected chi connectivity index (χ1v) is 6.61. The molecule has 1 fully saturated rings. The van der Waals surface area contributed by atoms with Gasteiger partial charge in [-0.25, -0.2) is 4.98 Å². The van der Waals surface area contributed by atoms with Crippen molar-refractivity contribution >= 4 is 5.91 Å². The van der Waals surface area contributed by atoms with Crippen molar-refractivity contribution in [2.24, 2.45) is 0 Å². The van der Waals surface area contributed by atoms with E-state index < -0.39 is 5.54 Å². The van der Waals surface area contributed by atoms with Gasteiger partial charge in [0.15, 0.2) is 0 Å². The van der Waals surface area contributed by atoms with Crippen molar-refractivity contribution in [1.29, 1.82) is 0 Å². The van der Waals surface area contributed by atoms with Crippen LogP contribution < -0.4 is 5.32 Å². The average Bonchev–Trinajstić information content (AvgIpc) is 2.89. The topological polar surface area (TPSA) is 100 Å². The Hall–Kier alpha value is -1.47. The fourth-order valence-electron chi connectivity index (χ4n) is 2.13. The van der Waals surface area contributed by atoms with Gasteiger partial charge in [0.05, 0.1) is 12.1 Å². The van der Waals surface area contributed by atoms with Gasteiger partial charge in [-0.3, -0.25) is 9.89 Å². The number of hydrogen-bond acceptors (Lipinski definition) is 5. The van der Waals surface area contributed by atoms with E-state index in [9.17, 15) is 9.90 Å². The highest BCUT2D eigenvalue weighted by Gasteiger charge is 2.34. The van der Waals surface area contributed by atoms with Crippen LogP contribution in [-0.4, -0.2) is 51.6 Å². The number of aryl methyl sites for hydroxylation is 1. The van der Waals surface area contributed by atoms with E-state index in [0.29, 0.717) is 31.9 Å². The van der Waals surface area contributed by atoms with Crippen molar-refractivity contribution in [3.05, 3.63) is 11.6 Å². The number of aromatic nitrogens is 3. The first kappa shape index (κ1) is 14.0. The van der Waals surface area contributed by atoms with Crippen LogP contribution in [0.4, 0.5) is 0 Å². The van der Waals surface area contributed by atoms with E-state index in [1.54, 1.807) is 0 Å². The number of ether oxygens (including phenoxy) is 1. The summed E-state index contributed by atoms with van der Waals surface area (Å²) in [5.41, 5.74) is -0.610. The molecule has 0 radical (unpaired) electrons. The lowest BCUT2D eigenvalue weighted by Crippen LogP contribution is -2.54. The molecular formula is C12H20N4O3. The fourth-order valence-corrected chi connectivity index (χ4v) is 2.13. The zero-order valence-corrected chi connectivity index (χ0v) is 11.1. The summed E-state index contributed by atoms with van der Waals surface area (Å²) in [6.45, 7) is 3.01. The second-order valence-electron chi connectivity index (χ2n) is 4.86. The van der Waals surface area contributed by atoms with Gasteiger partial charge in [-0.05, 0) is 19.3 Å². The minimum Gasteiger partial charge on any atom is -0.394 e. The van der Waals surface area contributed by atoms with E-state index in [4.69, 9.17) is 4.74 Å². The molecule has 1 aromatic heterocycles. The van der Waals surface area contributed by atoms with Crippen molar-refractivity contribution in [3.63, 3.8) is 0 Å². The summed E-state index contributed by atoms with van der Waals surface area (Å²) in [6, 6.07) is 0. The quantitative estimate of drug-likeness (QED) is 0.699. The molecule has 0 atom stereocenters. The predicted octanol–water partition coefficient (Wildman–Crippen LogP) is 0.0285. The molecule has 3 N–H and O–H groups in total. The zero-order chi connectivity index (χ0) is 13.7. The Bertz CT molecular complexity index is 426. The zero-order valence-electron chi connectivity index (χ0n) is 11.1. The highest BCUT2D eigenvalue weighted by atomic mass is 16.5. The smallest absolute Gasteiger partial charge is 0.291 e. The van der Waals surface area contributed by atoms with Crippen LogP contribution >= 0.6 is 0 Å². The van der Waals surface area contributed by atoms with Crippen LogP contribution in [0, 0.1) is 0 Å². The Morgan fingerprint density at radius 2 is 2.26 bits per heavy atom. The number of aliphatic hydroxyl groups excluding tert-OH is 1. The lowest BCUT2D eigenvalue weighted by atomic mass is 9.91. The molecule has 2 heterocycles. The minimum atomic E-state index is -0.610. The number of hydrogen-bond donors (Lipinski definition) is 3. The van der Waals surface area contributed by atoms with E-state index in [1.807, 2.05) is 6.92 Å². The summed E-state index contributed by atoms with van der Waals surface area (Å²) in [5.74, 6) is 0.481. The summed E-state index contributed by atoms with van der Waals surface area (Å²) < 4.78 is 5.25. The molecule has 1 aliphatic rings. The van der Waals surface area contributed by atoms with Crippen molar-refractivity contribution in [1.82, 2.24) is 20.5 Å². The molecule has 1 saturated heterocycles. The van der Waals surface area contributed by atoms with Crippen molar-refractivity contribution < 1.29 is 14.6 Å². The molecule has 19 heavy (non-hydrogen) atoms. The maximum absolute atomic E-state index is 12.1. The van der Waals surface area contributed by atoms with Gasteiger partial charge in [0.2, 0.25) is 5.82 Å². The number of nitrogens with zero attached hydrogens (tertiary/aromatic N) is 2. The Kier molecular flexibility index (Phi) is 4.49. The van der Waals surface area contributed by atoms with Crippen LogP contribution in [0.1, 0.15) is 42.6 Å². The Labute approximate surface area is 111 Å². The number of aromatic amines is 1. The number of aliphatic hydroxyl groups is 1. The van der Waals surface area contributed by atoms with Crippen LogP contribution in [0.15, 0.2) is 0 Å². The van der Waals surface area contributed by atoms with Gasteiger partial charge >= 0.3 is 0 Å². The van der Waals surface area contributed by atoms with E-state index in [1.165, 1.54) is 0 Å². The second-order valence-corrected chi connectivity index (χ2v) is 4.86. The van der Waals surface area contributed by atoms with E-state index in [0.717, 1.165) is 12.8 Å². The van der Waals surface area contributed by atoms with Gasteiger partial charge in [-0.15, -0.1) is 5.10 Å². The molecule has 7 heteroatoms. The van der Waals surface area contributed by atoms with Gasteiger partial charge < -0.3 is 15.2 Å². The molecule has 2 rings (SSSR count). The highest BCUT2D eigenvalue weighted by Crippen LogP contribution is 2.20. The van der Waals surface area contributed by atoms with Gasteiger partial charge in [-0.2, -0.15) is 0 Å². The normalized spacial score (nSPS) is 18.2. The lowest BCUT2D eigenvalue weighted by molar-refractivity contribution is 0.0123. The molecule has 0 saturated carbocycles. The third-order valence-electron chi connectivity index (χ3n) is 3.35. The number of H-pyrrole nitrogens is 1. The standard InChI is InChI=1S/C12H20N4O3/c1-2-3-9-13-10(16-15-9)11(18)14-12(8-17)4-6-19-7-5-12/h17H,2-8H2,1H3,(H,14,18)(H,13,15,16). The van der Waals surface area contributed by atoms with Crippen molar-refractivity contribution in [2.45, 2.75) is 38.1 Å². The van der Waals surface area contributed by atoms with E-state index >= 15 is 0 Å². The predicted molar refractivity (Wildman–Crippen MR) is 67.7 cm³/mol. The number of nitrogens with one attached hydrogen (secondary N) is 2. The van der Waals surface area contributed by atoms with Crippen LogP contribution in [0.2, 0.25) is 0 Å². The molecule has 7 nitrogen and oxygen atoms in total. The van der Waals surface area contributed by atoms with Crippen LogP contribution in [0.5, 0.6) is 0 Å². The Balaban J connectivity index is 2.02. The van der Waals surface area contributed by atoms with E-state index in [-0.39, 0.29) is 18.3 Å². The fraction of sp³-hybridized carbons (Fsp3) is 0.750. The molecule has 1 aliphatic heterocycles. The van der Waals surface area contributed by atoms with Gasteiger partial charge in [-0.1, -0.05) is 6.92 Å². The SMILES string of the molecule is CCCc1nc(C(=O)NC2(CO)CCOCC2)n[nH]1. The Morgan fingerprint density at radius 1 is 1.53 bits per heavy atom. The highest BCUT2D eigenvalue weighted by molar-refractivity contribution is 5.90. The maximum Gasteiger partial charge on any atom is 0.291 e. The van der Waals surface area contributed by atoms with Gasteiger partial charge in [0.25, 0.3) is 5.91 Å². The first-order chi connectivity index (χ1) is 9.19. The molecule has 0 spiro atoms. The largest absolute Gasteiger partial charge is 0.394 e. The third kappa shape index (κ3) is 3.30. The summed E-state index contributed by atoms with van der Waals surface area (Å²) >= 11 is 0. The number of carbonyl (C=O) groups is 1. The Morgan fingerprint density at radius 3 is 2.89 bits per heavy atom. The maximum atomic E-state index is 12.1. The summed E-state index contributed by atoms with van der Waals surface area (Å²) in [4.78, 5) is 16.2.